The van der Waals surface area contributed by atoms with Crippen molar-refractivity contribution in [2.75, 3.05) is 20.1 Å². The SMILES string of the molecule is CC1N[C@H](C)CN(C)C[C@@H]1C. The zero-order valence-electron chi connectivity index (χ0n) is 8.09. The lowest BCUT2D eigenvalue weighted by Crippen LogP contribution is -2.38. The Morgan fingerprint density at radius 3 is 2.45 bits per heavy atom. The molecule has 2 heteroatoms. The van der Waals surface area contributed by atoms with Gasteiger partial charge in [0.25, 0.3) is 0 Å². The minimum absolute atomic E-state index is 0.639. The highest BCUT2D eigenvalue weighted by atomic mass is 15.2. The predicted octanol–water partition coefficient (Wildman–Crippen LogP) is 0.935. The first-order chi connectivity index (χ1) is 5.09. The molecule has 1 aliphatic heterocycles. The van der Waals surface area contributed by atoms with E-state index in [0.29, 0.717) is 12.1 Å². The summed E-state index contributed by atoms with van der Waals surface area (Å²) in [4.78, 5) is 2.41. The van der Waals surface area contributed by atoms with Crippen LogP contribution in [0.3, 0.4) is 0 Å². The highest BCUT2D eigenvalue weighted by molar-refractivity contribution is 4.80. The lowest BCUT2D eigenvalue weighted by atomic mass is 10.0. The smallest absolute Gasteiger partial charge is 0.0169 e. The fraction of sp³-hybridized carbons (Fsp3) is 1.00. The second-order valence-corrected chi connectivity index (χ2v) is 4.05. The van der Waals surface area contributed by atoms with Crippen LogP contribution in [0, 0.1) is 5.92 Å². The molecule has 1 heterocycles. The quantitative estimate of drug-likeness (QED) is 0.561. The molecular formula is C9H20N2. The van der Waals surface area contributed by atoms with Crippen LogP contribution < -0.4 is 5.32 Å². The van der Waals surface area contributed by atoms with E-state index in [1.807, 2.05) is 0 Å². The van der Waals surface area contributed by atoms with Gasteiger partial charge >= 0.3 is 0 Å². The largest absolute Gasteiger partial charge is 0.310 e. The van der Waals surface area contributed by atoms with Gasteiger partial charge in [-0.2, -0.15) is 0 Å². The summed E-state index contributed by atoms with van der Waals surface area (Å²) >= 11 is 0. The Morgan fingerprint density at radius 1 is 1.18 bits per heavy atom. The first kappa shape index (κ1) is 9.01. The van der Waals surface area contributed by atoms with Gasteiger partial charge in [0.05, 0.1) is 0 Å². The number of likely N-dealkylation sites (N-methyl/N-ethyl adjacent to an activating group) is 1. The van der Waals surface area contributed by atoms with Crippen molar-refractivity contribution in [1.82, 2.24) is 10.2 Å². The highest BCUT2D eigenvalue weighted by Gasteiger charge is 2.21. The summed E-state index contributed by atoms with van der Waals surface area (Å²) < 4.78 is 0. The van der Waals surface area contributed by atoms with Gasteiger partial charge in [-0.05, 0) is 26.8 Å². The molecule has 0 aliphatic carbocycles. The average Bonchev–Trinajstić information content (AvgIpc) is 1.93. The molecule has 2 nitrogen and oxygen atoms in total. The average molecular weight is 156 g/mol. The van der Waals surface area contributed by atoms with Crippen LogP contribution in [0.4, 0.5) is 0 Å². The van der Waals surface area contributed by atoms with Crippen LogP contribution in [0.1, 0.15) is 20.8 Å². The Bertz CT molecular complexity index is 111. The molecule has 0 radical (unpaired) electrons. The lowest BCUT2D eigenvalue weighted by molar-refractivity contribution is 0.298. The van der Waals surface area contributed by atoms with Gasteiger partial charge in [-0.25, -0.2) is 0 Å². The van der Waals surface area contributed by atoms with Gasteiger partial charge in [-0.3, -0.25) is 0 Å². The molecule has 11 heavy (non-hydrogen) atoms. The Morgan fingerprint density at radius 2 is 1.82 bits per heavy atom. The number of rotatable bonds is 0. The van der Waals surface area contributed by atoms with Crippen LogP contribution >= 0.6 is 0 Å². The van der Waals surface area contributed by atoms with E-state index in [2.05, 4.69) is 38.0 Å². The minimum Gasteiger partial charge on any atom is -0.310 e. The number of hydrogen-bond donors (Lipinski definition) is 1. The standard InChI is InChI=1S/C9H20N2/c1-7-5-11(4)6-8(2)10-9(7)3/h7-10H,5-6H2,1-4H3/t7-,8+,9?/m0/s1. The zero-order valence-corrected chi connectivity index (χ0v) is 8.09. The fourth-order valence-electron chi connectivity index (χ4n) is 1.86. The third-order valence-electron chi connectivity index (χ3n) is 2.59. The minimum atomic E-state index is 0.639. The molecule has 0 saturated carbocycles. The maximum atomic E-state index is 3.58. The van der Waals surface area contributed by atoms with Crippen molar-refractivity contribution >= 4 is 0 Å². The van der Waals surface area contributed by atoms with Gasteiger partial charge < -0.3 is 10.2 Å². The second-order valence-electron chi connectivity index (χ2n) is 4.05. The van der Waals surface area contributed by atoms with Crippen molar-refractivity contribution in [2.45, 2.75) is 32.9 Å². The lowest BCUT2D eigenvalue weighted by Gasteiger charge is -2.19. The molecule has 3 atom stereocenters. The third-order valence-corrected chi connectivity index (χ3v) is 2.59. The van der Waals surface area contributed by atoms with Crippen molar-refractivity contribution in [3.63, 3.8) is 0 Å². The molecule has 1 fully saturated rings. The normalized spacial score (nSPS) is 42.0. The van der Waals surface area contributed by atoms with E-state index in [9.17, 15) is 0 Å². The van der Waals surface area contributed by atoms with Crippen molar-refractivity contribution in [3.05, 3.63) is 0 Å². The van der Waals surface area contributed by atoms with E-state index in [1.54, 1.807) is 0 Å². The molecule has 1 saturated heterocycles. The summed E-state index contributed by atoms with van der Waals surface area (Å²) in [5.41, 5.74) is 0. The van der Waals surface area contributed by atoms with Crippen LogP contribution in [-0.2, 0) is 0 Å². The number of nitrogens with one attached hydrogen (secondary N) is 1. The molecule has 0 amide bonds. The van der Waals surface area contributed by atoms with E-state index in [-0.39, 0.29) is 0 Å². The van der Waals surface area contributed by atoms with Crippen LogP contribution in [0.15, 0.2) is 0 Å². The van der Waals surface area contributed by atoms with Gasteiger partial charge in [0, 0.05) is 25.2 Å². The number of nitrogens with zero attached hydrogens (tertiary/aromatic N) is 1. The molecule has 0 bridgehead atoms. The molecule has 0 aromatic carbocycles. The monoisotopic (exact) mass is 156 g/mol. The van der Waals surface area contributed by atoms with Crippen LogP contribution in [0.2, 0.25) is 0 Å². The molecule has 66 valence electrons. The first-order valence-electron chi connectivity index (χ1n) is 4.54. The molecule has 1 unspecified atom stereocenters. The maximum absolute atomic E-state index is 3.58. The van der Waals surface area contributed by atoms with Crippen LogP contribution in [0.5, 0.6) is 0 Å². The summed E-state index contributed by atoms with van der Waals surface area (Å²) in [5.74, 6) is 0.768. The zero-order chi connectivity index (χ0) is 8.43. The summed E-state index contributed by atoms with van der Waals surface area (Å²) in [6.45, 7) is 9.24. The summed E-state index contributed by atoms with van der Waals surface area (Å²) in [5, 5.41) is 3.58. The van der Waals surface area contributed by atoms with E-state index < -0.39 is 0 Å². The van der Waals surface area contributed by atoms with E-state index in [4.69, 9.17) is 0 Å². The van der Waals surface area contributed by atoms with E-state index in [1.165, 1.54) is 13.1 Å². The summed E-state index contributed by atoms with van der Waals surface area (Å²) in [6.07, 6.45) is 0. The van der Waals surface area contributed by atoms with Crippen molar-refractivity contribution < 1.29 is 0 Å². The van der Waals surface area contributed by atoms with Crippen LogP contribution in [-0.4, -0.2) is 37.1 Å². The van der Waals surface area contributed by atoms with Gasteiger partial charge in [0.2, 0.25) is 0 Å². The molecular weight excluding hydrogens is 136 g/mol. The topological polar surface area (TPSA) is 15.3 Å². The molecule has 0 aromatic rings. The Kier molecular flexibility index (Phi) is 2.90. The van der Waals surface area contributed by atoms with Gasteiger partial charge in [0.15, 0.2) is 0 Å². The van der Waals surface area contributed by atoms with Crippen molar-refractivity contribution in [3.8, 4) is 0 Å². The second kappa shape index (κ2) is 3.55. The van der Waals surface area contributed by atoms with Crippen molar-refractivity contribution in [1.29, 1.82) is 0 Å². The Labute approximate surface area is 70.0 Å². The van der Waals surface area contributed by atoms with Gasteiger partial charge in [-0.1, -0.05) is 6.92 Å². The first-order valence-corrected chi connectivity index (χ1v) is 4.54. The molecule has 1 aliphatic rings. The third kappa shape index (κ3) is 2.46. The van der Waals surface area contributed by atoms with Crippen molar-refractivity contribution in [2.24, 2.45) is 5.92 Å². The molecule has 1 rings (SSSR count). The highest BCUT2D eigenvalue weighted by Crippen LogP contribution is 2.09. The molecule has 0 spiro atoms. The van der Waals surface area contributed by atoms with Gasteiger partial charge in [-0.15, -0.1) is 0 Å². The summed E-state index contributed by atoms with van der Waals surface area (Å²) in [6, 6.07) is 1.30. The maximum Gasteiger partial charge on any atom is 0.0169 e. The predicted molar refractivity (Wildman–Crippen MR) is 48.7 cm³/mol. The fourth-order valence-corrected chi connectivity index (χ4v) is 1.86. The van der Waals surface area contributed by atoms with Gasteiger partial charge in [0.1, 0.15) is 0 Å². The van der Waals surface area contributed by atoms with E-state index in [0.717, 1.165) is 5.92 Å². The molecule has 0 aromatic heterocycles. The summed E-state index contributed by atoms with van der Waals surface area (Å²) in [7, 11) is 2.20. The number of hydrogen-bond acceptors (Lipinski definition) is 2. The van der Waals surface area contributed by atoms with Crippen LogP contribution in [0.25, 0.3) is 0 Å². The molecule has 1 N–H and O–H groups in total. The van der Waals surface area contributed by atoms with E-state index >= 15 is 0 Å². The Hall–Kier alpha value is -0.0800. The Balaban J connectivity index is 2.51.